The van der Waals surface area contributed by atoms with Gasteiger partial charge in [0.15, 0.2) is 11.8 Å². The summed E-state index contributed by atoms with van der Waals surface area (Å²) in [4.78, 5) is 41.7. The van der Waals surface area contributed by atoms with Crippen LogP contribution in [0.5, 0.6) is 0 Å². The smallest absolute Gasteiger partial charge is 0.317 e. The summed E-state index contributed by atoms with van der Waals surface area (Å²) >= 11 is 0. The molecule has 0 fully saturated rings. The molecule has 0 rings (SSSR count). The van der Waals surface area contributed by atoms with Crippen molar-refractivity contribution in [1.29, 1.82) is 0 Å². The quantitative estimate of drug-likeness (QED) is 0.446. The largest absolute Gasteiger partial charge is 0.481 e. The Hall–Kier alpha value is -2.12. The van der Waals surface area contributed by atoms with Gasteiger partial charge in [-0.3, -0.25) is 19.2 Å². The molecule has 94 valence electrons. The van der Waals surface area contributed by atoms with Crippen molar-refractivity contribution in [3.05, 3.63) is 0 Å². The Labute approximate surface area is 92.1 Å². The second-order valence-corrected chi connectivity index (χ2v) is 3.04. The zero-order chi connectivity index (χ0) is 12.9. The van der Waals surface area contributed by atoms with Crippen LogP contribution in [0, 0.1) is 11.8 Å². The molecule has 0 aromatic rings. The molecule has 0 aromatic heterocycles. The Bertz CT molecular complexity index is 269. The first-order valence-electron chi connectivity index (χ1n) is 4.18. The van der Waals surface area contributed by atoms with E-state index < -0.39 is 48.6 Å². The summed E-state index contributed by atoms with van der Waals surface area (Å²) in [5, 5.41) is 33.8. The maximum Gasteiger partial charge on any atom is 0.317 e. The van der Waals surface area contributed by atoms with Gasteiger partial charge in [0, 0.05) is 2.85 Å². The van der Waals surface area contributed by atoms with E-state index in [1.165, 1.54) is 0 Å². The molecule has 16 heavy (non-hydrogen) atoms. The Balaban J connectivity index is -0.00000112. The van der Waals surface area contributed by atoms with Crippen LogP contribution < -0.4 is 0 Å². The maximum atomic E-state index is 10.4. The lowest BCUT2D eigenvalue weighted by molar-refractivity contribution is -0.159. The van der Waals surface area contributed by atoms with Crippen LogP contribution in [-0.2, 0) is 19.2 Å². The Morgan fingerprint density at radius 3 is 1.00 bits per heavy atom. The van der Waals surface area contributed by atoms with E-state index in [0.29, 0.717) is 0 Å². The highest BCUT2D eigenvalue weighted by atomic mass is 16.4. The number of carbonyl (C=O) groups is 4. The number of hydrogen-bond acceptors (Lipinski definition) is 4. The fourth-order valence-electron chi connectivity index (χ4n) is 1.04. The van der Waals surface area contributed by atoms with Crippen molar-refractivity contribution in [1.82, 2.24) is 0 Å². The van der Waals surface area contributed by atoms with Crippen LogP contribution in [0.2, 0.25) is 0 Å². The third-order valence-electron chi connectivity index (χ3n) is 1.94. The molecule has 0 amide bonds. The molecule has 0 saturated carbocycles. The first kappa shape index (κ1) is 13.9. The fraction of sp³-hybridized carbons (Fsp3) is 0.500. The molecule has 4 N–H and O–H groups in total. The predicted octanol–water partition coefficient (Wildman–Crippen LogP) is -0.171. The summed E-state index contributed by atoms with van der Waals surface area (Å²) in [7, 11) is 0. The van der Waals surface area contributed by atoms with E-state index in [2.05, 4.69) is 0 Å². The number of carboxylic acids is 4. The zero-order valence-electron chi connectivity index (χ0n) is 7.99. The van der Waals surface area contributed by atoms with Crippen LogP contribution in [-0.4, -0.2) is 44.3 Å². The summed E-state index contributed by atoms with van der Waals surface area (Å²) in [5.74, 6) is -10.1. The molecule has 0 aliphatic heterocycles. The minimum atomic E-state index is -1.79. The van der Waals surface area contributed by atoms with Crippen LogP contribution >= 0.6 is 0 Å². The monoisotopic (exact) mass is 238 g/mol. The molecular weight excluding hydrogens is 224 g/mol. The second-order valence-electron chi connectivity index (χ2n) is 3.04. The van der Waals surface area contributed by atoms with Crippen LogP contribution in [0.3, 0.4) is 0 Å². The molecule has 0 atom stereocenters. The first-order valence-corrected chi connectivity index (χ1v) is 4.18. The Morgan fingerprint density at radius 2 is 0.875 bits per heavy atom. The highest BCUT2D eigenvalue weighted by Gasteiger charge is 2.31. The van der Waals surface area contributed by atoms with Gasteiger partial charge < -0.3 is 20.4 Å². The molecule has 0 saturated heterocycles. The van der Waals surface area contributed by atoms with Gasteiger partial charge in [-0.1, -0.05) is 0 Å². The molecule has 0 aliphatic rings. The van der Waals surface area contributed by atoms with Gasteiger partial charge in [0.05, 0.1) is 0 Å². The van der Waals surface area contributed by atoms with Gasteiger partial charge in [-0.25, -0.2) is 0 Å². The normalized spacial score (nSPS) is 10.4. The Morgan fingerprint density at radius 1 is 0.688 bits per heavy atom. The van der Waals surface area contributed by atoms with Crippen LogP contribution in [0.4, 0.5) is 0 Å². The van der Waals surface area contributed by atoms with Crippen molar-refractivity contribution in [3.8, 4) is 0 Å². The van der Waals surface area contributed by atoms with E-state index in [9.17, 15) is 19.2 Å². The Kier molecular flexibility index (Phi) is 4.93. The lowest BCUT2D eigenvalue weighted by atomic mass is 9.96. The lowest BCUT2D eigenvalue weighted by Gasteiger charge is -2.09. The van der Waals surface area contributed by atoms with Crippen molar-refractivity contribution >= 4 is 23.9 Å². The highest BCUT2D eigenvalue weighted by molar-refractivity contribution is 5.94. The molecule has 0 spiro atoms. The standard InChI is InChI=1S/C8H10O8.2H2/c9-5(10)3(6(11)12)1-2-4(7(13)14)8(15)16;;/h3-4H,1-2H2,(H,9,10)(H,11,12)(H,13,14)(H,15,16);2*1H. The number of rotatable bonds is 7. The zero-order valence-corrected chi connectivity index (χ0v) is 7.99. The van der Waals surface area contributed by atoms with Crippen LogP contribution in [0.15, 0.2) is 0 Å². The van der Waals surface area contributed by atoms with Crippen molar-refractivity contribution in [2.75, 3.05) is 0 Å². The molecule has 0 unspecified atom stereocenters. The van der Waals surface area contributed by atoms with Crippen molar-refractivity contribution in [3.63, 3.8) is 0 Å². The van der Waals surface area contributed by atoms with Gasteiger partial charge in [0.25, 0.3) is 0 Å². The average Bonchev–Trinajstić information content (AvgIpc) is 2.09. The molecule has 0 aromatic carbocycles. The number of aliphatic carboxylic acids is 4. The molecular formula is C8H14O8. The van der Waals surface area contributed by atoms with Crippen LogP contribution in [0.1, 0.15) is 15.7 Å². The SMILES string of the molecule is O=C(O)C(CCC(C(=O)O)C(=O)O)C(=O)O.[HH].[HH]. The second kappa shape index (κ2) is 5.69. The van der Waals surface area contributed by atoms with E-state index in [-0.39, 0.29) is 2.85 Å². The van der Waals surface area contributed by atoms with Gasteiger partial charge in [-0.15, -0.1) is 0 Å². The third kappa shape index (κ3) is 3.95. The van der Waals surface area contributed by atoms with Crippen molar-refractivity contribution in [2.45, 2.75) is 12.8 Å². The van der Waals surface area contributed by atoms with Gasteiger partial charge in [-0.2, -0.15) is 0 Å². The maximum absolute atomic E-state index is 10.4. The lowest BCUT2D eigenvalue weighted by Crippen LogP contribution is -2.28. The third-order valence-corrected chi connectivity index (χ3v) is 1.94. The molecule has 0 aliphatic carbocycles. The number of hydrogen-bond donors (Lipinski definition) is 4. The molecule has 8 nitrogen and oxygen atoms in total. The van der Waals surface area contributed by atoms with Crippen LogP contribution in [0.25, 0.3) is 0 Å². The van der Waals surface area contributed by atoms with Gasteiger partial charge >= 0.3 is 23.9 Å². The molecule has 0 radical (unpaired) electrons. The highest BCUT2D eigenvalue weighted by Crippen LogP contribution is 2.14. The summed E-state index contributed by atoms with van der Waals surface area (Å²) < 4.78 is 0. The van der Waals surface area contributed by atoms with E-state index in [0.717, 1.165) is 0 Å². The predicted molar refractivity (Wildman–Crippen MR) is 51.0 cm³/mol. The minimum absolute atomic E-state index is 0. The van der Waals surface area contributed by atoms with E-state index in [4.69, 9.17) is 20.4 Å². The number of carboxylic acid groups (broad SMARTS) is 4. The molecule has 8 heteroatoms. The van der Waals surface area contributed by atoms with E-state index in [1.807, 2.05) is 0 Å². The van der Waals surface area contributed by atoms with Crippen molar-refractivity contribution in [2.24, 2.45) is 11.8 Å². The summed E-state index contributed by atoms with van der Waals surface area (Å²) in [6, 6.07) is 0. The summed E-state index contributed by atoms with van der Waals surface area (Å²) in [6.45, 7) is 0. The average molecular weight is 238 g/mol. The van der Waals surface area contributed by atoms with E-state index >= 15 is 0 Å². The van der Waals surface area contributed by atoms with Crippen molar-refractivity contribution < 1.29 is 42.5 Å². The molecule has 0 bridgehead atoms. The molecule has 0 heterocycles. The minimum Gasteiger partial charge on any atom is -0.481 e. The van der Waals surface area contributed by atoms with E-state index in [1.54, 1.807) is 0 Å². The topological polar surface area (TPSA) is 149 Å². The van der Waals surface area contributed by atoms with Gasteiger partial charge in [0.2, 0.25) is 0 Å². The van der Waals surface area contributed by atoms with Gasteiger partial charge in [0.1, 0.15) is 0 Å². The summed E-state index contributed by atoms with van der Waals surface area (Å²) in [6.07, 6.45) is -1.10. The first-order chi connectivity index (χ1) is 7.27. The summed E-state index contributed by atoms with van der Waals surface area (Å²) in [5.41, 5.74) is 0. The van der Waals surface area contributed by atoms with Gasteiger partial charge in [-0.05, 0) is 12.8 Å². The fourth-order valence-corrected chi connectivity index (χ4v) is 1.04.